The summed E-state index contributed by atoms with van der Waals surface area (Å²) >= 11 is 0. The SMILES string of the molecule is CC(C)c1cccn(C2CCN(C)C2)c1=O. The van der Waals surface area contributed by atoms with Crippen LogP contribution in [0.4, 0.5) is 0 Å². The zero-order chi connectivity index (χ0) is 11.7. The minimum Gasteiger partial charge on any atom is -0.311 e. The molecular weight excluding hydrogens is 200 g/mol. The summed E-state index contributed by atoms with van der Waals surface area (Å²) in [7, 11) is 2.11. The van der Waals surface area contributed by atoms with Crippen molar-refractivity contribution in [2.75, 3.05) is 20.1 Å². The second kappa shape index (κ2) is 4.42. The zero-order valence-corrected chi connectivity index (χ0v) is 10.3. The number of aromatic nitrogens is 1. The second-order valence-electron chi connectivity index (χ2n) is 5.04. The summed E-state index contributed by atoms with van der Waals surface area (Å²) < 4.78 is 1.92. The van der Waals surface area contributed by atoms with Gasteiger partial charge in [0.15, 0.2) is 0 Å². The Morgan fingerprint density at radius 2 is 2.19 bits per heavy atom. The average molecular weight is 220 g/mol. The van der Waals surface area contributed by atoms with Gasteiger partial charge in [0, 0.05) is 18.3 Å². The lowest BCUT2D eigenvalue weighted by Gasteiger charge is -2.16. The van der Waals surface area contributed by atoms with Crippen molar-refractivity contribution in [3.8, 4) is 0 Å². The number of hydrogen-bond donors (Lipinski definition) is 0. The molecule has 2 heterocycles. The van der Waals surface area contributed by atoms with Crippen molar-refractivity contribution in [1.29, 1.82) is 0 Å². The molecule has 0 spiro atoms. The molecule has 1 atom stereocenters. The molecule has 1 aliphatic rings. The molecule has 1 saturated heterocycles. The molecule has 0 N–H and O–H groups in total. The van der Waals surface area contributed by atoms with Crippen LogP contribution in [0.5, 0.6) is 0 Å². The van der Waals surface area contributed by atoms with Gasteiger partial charge in [0.1, 0.15) is 0 Å². The van der Waals surface area contributed by atoms with Crippen molar-refractivity contribution in [3.05, 3.63) is 34.2 Å². The van der Waals surface area contributed by atoms with Gasteiger partial charge >= 0.3 is 0 Å². The van der Waals surface area contributed by atoms with Crippen LogP contribution in [-0.2, 0) is 0 Å². The standard InChI is InChI=1S/C13H20N2O/c1-10(2)12-5-4-7-15(13(12)16)11-6-8-14(3)9-11/h4-5,7,10-11H,6,8-9H2,1-3H3. The van der Waals surface area contributed by atoms with E-state index in [0.29, 0.717) is 12.0 Å². The van der Waals surface area contributed by atoms with Crippen LogP contribution in [0, 0.1) is 0 Å². The number of likely N-dealkylation sites (tertiary alicyclic amines) is 1. The topological polar surface area (TPSA) is 25.2 Å². The maximum Gasteiger partial charge on any atom is 0.254 e. The number of pyridine rings is 1. The van der Waals surface area contributed by atoms with Crippen LogP contribution >= 0.6 is 0 Å². The molecule has 1 aliphatic heterocycles. The van der Waals surface area contributed by atoms with Crippen LogP contribution in [0.2, 0.25) is 0 Å². The van der Waals surface area contributed by atoms with Crippen molar-refractivity contribution in [1.82, 2.24) is 9.47 Å². The van der Waals surface area contributed by atoms with Crippen LogP contribution in [0.1, 0.15) is 37.8 Å². The predicted octanol–water partition coefficient (Wildman–Crippen LogP) is 1.85. The first-order valence-corrected chi connectivity index (χ1v) is 5.99. The molecule has 0 radical (unpaired) electrons. The van der Waals surface area contributed by atoms with E-state index in [-0.39, 0.29) is 5.56 Å². The first kappa shape index (κ1) is 11.4. The van der Waals surface area contributed by atoms with E-state index in [1.54, 1.807) is 0 Å². The number of hydrogen-bond acceptors (Lipinski definition) is 2. The molecule has 3 heteroatoms. The Balaban J connectivity index is 2.35. The molecular formula is C13H20N2O. The highest BCUT2D eigenvalue weighted by molar-refractivity contribution is 5.15. The molecule has 1 fully saturated rings. The lowest BCUT2D eigenvalue weighted by atomic mass is 10.1. The molecule has 0 bridgehead atoms. The number of likely N-dealkylation sites (N-methyl/N-ethyl adjacent to an activating group) is 1. The molecule has 1 unspecified atom stereocenters. The van der Waals surface area contributed by atoms with E-state index < -0.39 is 0 Å². The maximum absolute atomic E-state index is 12.2. The molecule has 16 heavy (non-hydrogen) atoms. The Labute approximate surface area is 96.7 Å². The Bertz CT molecular complexity index is 422. The molecule has 0 amide bonds. The van der Waals surface area contributed by atoms with Gasteiger partial charge in [-0.05, 0) is 32.0 Å². The third-order valence-corrected chi connectivity index (χ3v) is 3.39. The second-order valence-corrected chi connectivity index (χ2v) is 5.04. The van der Waals surface area contributed by atoms with Crippen molar-refractivity contribution < 1.29 is 0 Å². The van der Waals surface area contributed by atoms with E-state index in [9.17, 15) is 4.79 Å². The fourth-order valence-corrected chi connectivity index (χ4v) is 2.39. The first-order valence-electron chi connectivity index (χ1n) is 5.99. The van der Waals surface area contributed by atoms with E-state index >= 15 is 0 Å². The monoisotopic (exact) mass is 220 g/mol. The van der Waals surface area contributed by atoms with Crippen molar-refractivity contribution in [2.24, 2.45) is 0 Å². The summed E-state index contributed by atoms with van der Waals surface area (Å²) in [6, 6.07) is 4.30. The lowest BCUT2D eigenvalue weighted by Crippen LogP contribution is -2.28. The lowest BCUT2D eigenvalue weighted by molar-refractivity contribution is 0.389. The Morgan fingerprint density at radius 1 is 1.44 bits per heavy atom. The highest BCUT2D eigenvalue weighted by Gasteiger charge is 2.22. The minimum atomic E-state index is 0.192. The van der Waals surface area contributed by atoms with E-state index in [1.807, 2.05) is 22.9 Å². The van der Waals surface area contributed by atoms with Gasteiger partial charge in [-0.1, -0.05) is 19.9 Å². The van der Waals surface area contributed by atoms with E-state index in [1.165, 1.54) is 0 Å². The molecule has 88 valence electrons. The Hall–Kier alpha value is -1.09. The average Bonchev–Trinajstić information content (AvgIpc) is 2.64. The van der Waals surface area contributed by atoms with Gasteiger partial charge in [-0.3, -0.25) is 4.79 Å². The van der Waals surface area contributed by atoms with E-state index in [2.05, 4.69) is 25.8 Å². The summed E-state index contributed by atoms with van der Waals surface area (Å²) in [5, 5.41) is 0. The van der Waals surface area contributed by atoms with Crippen molar-refractivity contribution in [3.63, 3.8) is 0 Å². The predicted molar refractivity (Wildman–Crippen MR) is 65.9 cm³/mol. The van der Waals surface area contributed by atoms with Crippen LogP contribution in [0.3, 0.4) is 0 Å². The zero-order valence-electron chi connectivity index (χ0n) is 10.3. The first-order chi connectivity index (χ1) is 7.59. The quantitative estimate of drug-likeness (QED) is 0.760. The Kier molecular flexibility index (Phi) is 3.15. The van der Waals surface area contributed by atoms with Gasteiger partial charge in [-0.2, -0.15) is 0 Å². The van der Waals surface area contributed by atoms with Gasteiger partial charge in [0.2, 0.25) is 0 Å². The summed E-state index contributed by atoms with van der Waals surface area (Å²) in [6.07, 6.45) is 3.01. The molecule has 3 nitrogen and oxygen atoms in total. The molecule has 0 aliphatic carbocycles. The van der Waals surface area contributed by atoms with Crippen LogP contribution < -0.4 is 5.56 Å². The fraction of sp³-hybridized carbons (Fsp3) is 0.615. The van der Waals surface area contributed by atoms with Crippen LogP contribution in [0.25, 0.3) is 0 Å². The van der Waals surface area contributed by atoms with Crippen molar-refractivity contribution >= 4 is 0 Å². The van der Waals surface area contributed by atoms with Gasteiger partial charge in [-0.25, -0.2) is 0 Å². The normalized spacial score (nSPS) is 21.9. The highest BCUT2D eigenvalue weighted by atomic mass is 16.1. The van der Waals surface area contributed by atoms with Crippen LogP contribution in [0.15, 0.2) is 23.1 Å². The number of rotatable bonds is 2. The number of nitrogens with zero attached hydrogens (tertiary/aromatic N) is 2. The minimum absolute atomic E-state index is 0.192. The highest BCUT2D eigenvalue weighted by Crippen LogP contribution is 2.19. The van der Waals surface area contributed by atoms with Gasteiger partial charge < -0.3 is 9.47 Å². The molecule has 1 aromatic heterocycles. The van der Waals surface area contributed by atoms with E-state index in [0.717, 1.165) is 25.1 Å². The molecule has 0 aromatic carbocycles. The fourth-order valence-electron chi connectivity index (χ4n) is 2.39. The molecule has 2 rings (SSSR count). The van der Waals surface area contributed by atoms with E-state index in [4.69, 9.17) is 0 Å². The third kappa shape index (κ3) is 2.05. The molecule has 0 saturated carbocycles. The van der Waals surface area contributed by atoms with Gasteiger partial charge in [-0.15, -0.1) is 0 Å². The summed E-state index contributed by atoms with van der Waals surface area (Å²) in [6.45, 7) is 6.22. The van der Waals surface area contributed by atoms with Gasteiger partial charge in [0.25, 0.3) is 5.56 Å². The summed E-state index contributed by atoms with van der Waals surface area (Å²) in [5.41, 5.74) is 1.12. The summed E-state index contributed by atoms with van der Waals surface area (Å²) in [5.74, 6) is 0.305. The summed E-state index contributed by atoms with van der Waals surface area (Å²) in [4.78, 5) is 14.5. The van der Waals surface area contributed by atoms with Crippen molar-refractivity contribution in [2.45, 2.75) is 32.2 Å². The smallest absolute Gasteiger partial charge is 0.254 e. The molecule has 1 aromatic rings. The largest absolute Gasteiger partial charge is 0.311 e. The Morgan fingerprint density at radius 3 is 2.75 bits per heavy atom. The third-order valence-electron chi connectivity index (χ3n) is 3.39. The maximum atomic E-state index is 12.2. The van der Waals surface area contributed by atoms with Crippen LogP contribution in [-0.4, -0.2) is 29.6 Å². The van der Waals surface area contributed by atoms with Gasteiger partial charge in [0.05, 0.1) is 6.04 Å².